The van der Waals surface area contributed by atoms with Gasteiger partial charge in [0.25, 0.3) is 0 Å². The van der Waals surface area contributed by atoms with Crippen LogP contribution in [0.3, 0.4) is 0 Å². The van der Waals surface area contributed by atoms with Gasteiger partial charge in [-0.05, 0) is 50.4 Å². The molecule has 19 heavy (non-hydrogen) atoms. The van der Waals surface area contributed by atoms with Gasteiger partial charge in [0, 0.05) is 12.6 Å². The Hall–Kier alpha value is -0.570. The van der Waals surface area contributed by atoms with Crippen LogP contribution in [0.25, 0.3) is 0 Å². The van der Waals surface area contributed by atoms with Crippen molar-refractivity contribution in [1.82, 2.24) is 10.6 Å². The maximum absolute atomic E-state index is 12.0. The lowest BCUT2D eigenvalue weighted by atomic mass is 9.82. The Morgan fingerprint density at radius 3 is 2.47 bits per heavy atom. The van der Waals surface area contributed by atoms with E-state index >= 15 is 0 Å². The fraction of sp³-hybridized carbons (Fsp3) is 0.938. The van der Waals surface area contributed by atoms with E-state index in [0.29, 0.717) is 12.0 Å². The Morgan fingerprint density at radius 1 is 1.11 bits per heavy atom. The summed E-state index contributed by atoms with van der Waals surface area (Å²) in [7, 11) is 0. The van der Waals surface area contributed by atoms with Crippen LogP contribution in [0, 0.1) is 17.8 Å². The zero-order valence-electron chi connectivity index (χ0n) is 12.7. The highest BCUT2D eigenvalue weighted by Gasteiger charge is 2.35. The third-order valence-electron chi connectivity index (χ3n) is 4.57. The molecule has 2 N–H and O–H groups in total. The summed E-state index contributed by atoms with van der Waals surface area (Å²) in [5, 5.41) is 6.56. The lowest BCUT2D eigenvalue weighted by molar-refractivity contribution is -0.123. The van der Waals surface area contributed by atoms with Crippen molar-refractivity contribution in [3.05, 3.63) is 0 Å². The van der Waals surface area contributed by atoms with Crippen LogP contribution in [0.1, 0.15) is 59.3 Å². The van der Waals surface area contributed by atoms with Crippen molar-refractivity contribution < 1.29 is 4.79 Å². The van der Waals surface area contributed by atoms with Crippen LogP contribution < -0.4 is 10.6 Å². The maximum atomic E-state index is 12.0. The minimum Gasteiger partial charge on any atom is -0.354 e. The summed E-state index contributed by atoms with van der Waals surface area (Å²) in [6.45, 7) is 7.02. The molecule has 0 aromatic heterocycles. The lowest BCUT2D eigenvalue weighted by Gasteiger charge is -2.31. The van der Waals surface area contributed by atoms with Crippen LogP contribution in [0.15, 0.2) is 0 Å². The molecule has 2 fully saturated rings. The van der Waals surface area contributed by atoms with Crippen molar-refractivity contribution >= 4 is 5.91 Å². The summed E-state index contributed by atoms with van der Waals surface area (Å²) in [4.78, 5) is 12.0. The number of carbonyl (C=O) groups excluding carboxylic acids is 1. The van der Waals surface area contributed by atoms with Crippen molar-refractivity contribution in [1.29, 1.82) is 0 Å². The molecule has 2 saturated carbocycles. The Bertz CT molecular complexity index is 299. The highest BCUT2D eigenvalue weighted by Crippen LogP contribution is 2.43. The molecule has 2 rings (SSSR count). The summed E-state index contributed by atoms with van der Waals surface area (Å²) in [5.74, 6) is 2.61. The number of nitrogens with one attached hydrogen (secondary N) is 2. The molecular weight excluding hydrogens is 236 g/mol. The van der Waals surface area contributed by atoms with Gasteiger partial charge in [0.1, 0.15) is 0 Å². The van der Waals surface area contributed by atoms with E-state index in [1.807, 2.05) is 6.92 Å². The van der Waals surface area contributed by atoms with Crippen LogP contribution in [0.4, 0.5) is 0 Å². The summed E-state index contributed by atoms with van der Waals surface area (Å²) in [6, 6.07) is 0.501. The van der Waals surface area contributed by atoms with Gasteiger partial charge in [0.05, 0.1) is 6.04 Å². The van der Waals surface area contributed by atoms with Gasteiger partial charge in [-0.25, -0.2) is 0 Å². The lowest BCUT2D eigenvalue weighted by Crippen LogP contribution is -2.48. The summed E-state index contributed by atoms with van der Waals surface area (Å²) in [5.41, 5.74) is 0. The molecule has 3 unspecified atom stereocenters. The largest absolute Gasteiger partial charge is 0.354 e. The van der Waals surface area contributed by atoms with Crippen molar-refractivity contribution in [2.75, 3.05) is 6.54 Å². The zero-order chi connectivity index (χ0) is 13.8. The molecule has 3 nitrogen and oxygen atoms in total. The van der Waals surface area contributed by atoms with Gasteiger partial charge in [-0.1, -0.05) is 26.7 Å². The predicted octanol–water partition coefficient (Wildman–Crippen LogP) is 2.71. The Labute approximate surface area is 117 Å². The van der Waals surface area contributed by atoms with E-state index in [1.54, 1.807) is 0 Å². The van der Waals surface area contributed by atoms with E-state index < -0.39 is 0 Å². The molecule has 0 aromatic carbocycles. The Morgan fingerprint density at radius 2 is 1.84 bits per heavy atom. The predicted molar refractivity (Wildman–Crippen MR) is 78.9 cm³/mol. The standard InChI is InChI=1S/C16H30N2O/c1-11(2)10-17-16(19)12(3)18-15-6-4-5-14(9-15)13-7-8-13/h11-15,18H,4-10H2,1-3H3,(H,17,19). The molecule has 0 aliphatic heterocycles. The number of hydrogen-bond acceptors (Lipinski definition) is 2. The van der Waals surface area contributed by atoms with Crippen molar-refractivity contribution in [3.8, 4) is 0 Å². The second-order valence-corrected chi connectivity index (χ2v) is 6.99. The van der Waals surface area contributed by atoms with Gasteiger partial charge in [-0.2, -0.15) is 0 Å². The fourth-order valence-corrected chi connectivity index (χ4v) is 3.26. The van der Waals surface area contributed by atoms with Crippen LogP contribution in [0.5, 0.6) is 0 Å². The molecule has 0 aromatic rings. The van der Waals surface area contributed by atoms with Gasteiger partial charge in [0.2, 0.25) is 5.91 Å². The number of carbonyl (C=O) groups is 1. The average Bonchev–Trinajstić information content (AvgIpc) is 3.20. The van der Waals surface area contributed by atoms with E-state index in [0.717, 1.165) is 18.4 Å². The first-order valence-corrected chi connectivity index (χ1v) is 8.10. The normalized spacial score (nSPS) is 29.3. The molecule has 3 heteroatoms. The number of amides is 1. The summed E-state index contributed by atoms with van der Waals surface area (Å²) in [6.07, 6.45) is 8.16. The molecule has 2 aliphatic rings. The molecule has 110 valence electrons. The van der Waals surface area contributed by atoms with Crippen LogP contribution >= 0.6 is 0 Å². The van der Waals surface area contributed by atoms with Gasteiger partial charge in [-0.3, -0.25) is 4.79 Å². The highest BCUT2D eigenvalue weighted by molar-refractivity contribution is 5.81. The zero-order valence-corrected chi connectivity index (χ0v) is 12.7. The maximum Gasteiger partial charge on any atom is 0.236 e. The minimum absolute atomic E-state index is 0.0540. The van der Waals surface area contributed by atoms with Crippen LogP contribution in [0.2, 0.25) is 0 Å². The summed E-state index contributed by atoms with van der Waals surface area (Å²) < 4.78 is 0. The van der Waals surface area contributed by atoms with Crippen molar-refractivity contribution in [3.63, 3.8) is 0 Å². The Kier molecular flexibility index (Phi) is 5.26. The molecule has 0 heterocycles. The first-order valence-electron chi connectivity index (χ1n) is 8.10. The van der Waals surface area contributed by atoms with E-state index in [1.165, 1.54) is 38.5 Å². The second-order valence-electron chi connectivity index (χ2n) is 6.99. The monoisotopic (exact) mass is 266 g/mol. The summed E-state index contributed by atoms with van der Waals surface area (Å²) >= 11 is 0. The molecular formula is C16H30N2O. The molecule has 0 saturated heterocycles. The first kappa shape index (κ1) is 14.8. The van der Waals surface area contributed by atoms with Gasteiger partial charge in [0.15, 0.2) is 0 Å². The minimum atomic E-state index is -0.0540. The number of rotatable bonds is 6. The smallest absolute Gasteiger partial charge is 0.236 e. The van der Waals surface area contributed by atoms with Crippen LogP contribution in [-0.4, -0.2) is 24.5 Å². The van der Waals surface area contributed by atoms with Crippen molar-refractivity contribution in [2.24, 2.45) is 17.8 Å². The SMILES string of the molecule is CC(C)CNC(=O)C(C)NC1CCCC(C2CC2)C1. The highest BCUT2D eigenvalue weighted by atomic mass is 16.2. The van der Waals surface area contributed by atoms with E-state index in [-0.39, 0.29) is 11.9 Å². The molecule has 0 bridgehead atoms. The number of hydrogen-bond donors (Lipinski definition) is 2. The molecule has 1 amide bonds. The quantitative estimate of drug-likeness (QED) is 0.776. The fourth-order valence-electron chi connectivity index (χ4n) is 3.26. The Balaban J connectivity index is 1.71. The van der Waals surface area contributed by atoms with E-state index in [4.69, 9.17) is 0 Å². The third kappa shape index (κ3) is 4.79. The third-order valence-corrected chi connectivity index (χ3v) is 4.57. The van der Waals surface area contributed by atoms with Crippen LogP contribution in [-0.2, 0) is 4.79 Å². The average molecular weight is 266 g/mol. The van der Waals surface area contributed by atoms with E-state index in [9.17, 15) is 4.79 Å². The molecule has 2 aliphatic carbocycles. The molecule has 0 spiro atoms. The van der Waals surface area contributed by atoms with Crippen molar-refractivity contribution in [2.45, 2.75) is 71.4 Å². The second kappa shape index (κ2) is 6.74. The van der Waals surface area contributed by atoms with Gasteiger partial charge in [-0.15, -0.1) is 0 Å². The van der Waals surface area contributed by atoms with Gasteiger partial charge < -0.3 is 10.6 Å². The topological polar surface area (TPSA) is 41.1 Å². The first-order chi connectivity index (χ1) is 9.06. The van der Waals surface area contributed by atoms with Gasteiger partial charge >= 0.3 is 0 Å². The van der Waals surface area contributed by atoms with E-state index in [2.05, 4.69) is 24.5 Å². The molecule has 3 atom stereocenters. The molecule has 0 radical (unpaired) electrons.